The summed E-state index contributed by atoms with van der Waals surface area (Å²) in [4.78, 5) is 23.3. The largest absolute Gasteiger partial charge is 0.467 e. The van der Waals surface area contributed by atoms with Crippen molar-refractivity contribution in [2.75, 3.05) is 34.4 Å². The van der Waals surface area contributed by atoms with E-state index in [0.29, 0.717) is 13.0 Å². The summed E-state index contributed by atoms with van der Waals surface area (Å²) in [5, 5.41) is 2.77. The van der Waals surface area contributed by atoms with Crippen LogP contribution in [0.2, 0.25) is 0 Å². The fourth-order valence-electron chi connectivity index (χ4n) is 2.81. The zero-order valence-electron chi connectivity index (χ0n) is 19.5. The lowest BCUT2D eigenvalue weighted by Crippen LogP contribution is -2.32. The molecule has 1 rings (SSSR count). The van der Waals surface area contributed by atoms with Gasteiger partial charge in [0.2, 0.25) is 0 Å². The second kappa shape index (κ2) is 14.6. The molecule has 0 spiro atoms. The Labute approximate surface area is 185 Å². The fourth-order valence-corrected chi connectivity index (χ4v) is 2.81. The maximum absolute atomic E-state index is 11.7. The molecular weight excluding hydrogens is 402 g/mol. The molecular formula is C23H37NO7. The van der Waals surface area contributed by atoms with Crippen LogP contribution >= 0.6 is 0 Å². The molecule has 0 radical (unpaired) electrons. The van der Waals surface area contributed by atoms with E-state index in [1.807, 2.05) is 32.9 Å². The van der Waals surface area contributed by atoms with Crippen molar-refractivity contribution in [3.63, 3.8) is 0 Å². The van der Waals surface area contributed by atoms with E-state index in [1.165, 1.54) is 7.11 Å². The number of amides is 1. The number of alkyl carbamates (subject to hydrolysis) is 1. The van der Waals surface area contributed by atoms with E-state index < -0.39 is 5.60 Å². The van der Waals surface area contributed by atoms with Crippen LogP contribution in [0.1, 0.15) is 57.6 Å². The summed E-state index contributed by atoms with van der Waals surface area (Å²) in [7, 11) is 3.06. The second-order valence-corrected chi connectivity index (χ2v) is 8.16. The van der Waals surface area contributed by atoms with E-state index in [9.17, 15) is 9.59 Å². The van der Waals surface area contributed by atoms with Gasteiger partial charge in [0.25, 0.3) is 0 Å². The van der Waals surface area contributed by atoms with Crippen molar-refractivity contribution in [1.29, 1.82) is 0 Å². The zero-order chi connectivity index (χ0) is 23.1. The number of carbonyl (C=O) groups is 2. The Morgan fingerprint density at radius 3 is 2.39 bits per heavy atom. The SMILES string of the molecule is COCOC(=O)CCc1ccc(OCOC)c(CCCCCNC(=O)OC(C)(C)C)c1. The quantitative estimate of drug-likeness (QED) is 0.266. The molecule has 31 heavy (non-hydrogen) atoms. The Hall–Kier alpha value is -2.32. The van der Waals surface area contributed by atoms with E-state index in [4.69, 9.17) is 23.7 Å². The molecule has 1 N–H and O–H groups in total. The molecule has 0 saturated heterocycles. The summed E-state index contributed by atoms with van der Waals surface area (Å²) in [5.74, 6) is 0.486. The van der Waals surface area contributed by atoms with Crippen molar-refractivity contribution >= 4 is 12.1 Å². The number of ether oxygens (including phenoxy) is 5. The van der Waals surface area contributed by atoms with E-state index in [2.05, 4.69) is 11.4 Å². The molecule has 0 saturated carbocycles. The minimum Gasteiger partial charge on any atom is -0.467 e. The lowest BCUT2D eigenvalue weighted by Gasteiger charge is -2.19. The maximum Gasteiger partial charge on any atom is 0.407 e. The van der Waals surface area contributed by atoms with Crippen LogP contribution in [0.15, 0.2) is 18.2 Å². The van der Waals surface area contributed by atoms with Gasteiger partial charge in [-0.1, -0.05) is 18.6 Å². The monoisotopic (exact) mass is 439 g/mol. The van der Waals surface area contributed by atoms with Crippen molar-refractivity contribution in [1.82, 2.24) is 5.32 Å². The molecule has 0 unspecified atom stereocenters. The van der Waals surface area contributed by atoms with Crippen molar-refractivity contribution in [3.8, 4) is 5.75 Å². The second-order valence-electron chi connectivity index (χ2n) is 8.16. The molecule has 0 bridgehead atoms. The van der Waals surface area contributed by atoms with E-state index >= 15 is 0 Å². The van der Waals surface area contributed by atoms with Crippen LogP contribution in [0, 0.1) is 0 Å². The average molecular weight is 440 g/mol. The maximum atomic E-state index is 11.7. The average Bonchev–Trinajstić information content (AvgIpc) is 2.71. The van der Waals surface area contributed by atoms with E-state index in [1.54, 1.807) is 7.11 Å². The predicted molar refractivity (Wildman–Crippen MR) is 117 cm³/mol. The Balaban J connectivity index is 2.49. The third-order valence-corrected chi connectivity index (χ3v) is 4.20. The number of benzene rings is 1. The topological polar surface area (TPSA) is 92.3 Å². The highest BCUT2D eigenvalue weighted by atomic mass is 16.7. The normalized spacial score (nSPS) is 11.1. The molecule has 0 fully saturated rings. The van der Waals surface area contributed by atoms with Crippen LogP contribution in [0.4, 0.5) is 4.79 Å². The van der Waals surface area contributed by atoms with Gasteiger partial charge >= 0.3 is 12.1 Å². The van der Waals surface area contributed by atoms with Crippen LogP contribution in [0.3, 0.4) is 0 Å². The highest BCUT2D eigenvalue weighted by molar-refractivity contribution is 5.69. The van der Waals surface area contributed by atoms with Gasteiger partial charge in [-0.3, -0.25) is 4.79 Å². The van der Waals surface area contributed by atoms with Crippen LogP contribution in [-0.4, -0.2) is 52.0 Å². The van der Waals surface area contributed by atoms with Gasteiger partial charge in [0.1, 0.15) is 11.4 Å². The van der Waals surface area contributed by atoms with Gasteiger partial charge in [0.15, 0.2) is 13.6 Å². The molecule has 0 aliphatic heterocycles. The van der Waals surface area contributed by atoms with Crippen molar-refractivity contribution < 1.29 is 33.3 Å². The lowest BCUT2D eigenvalue weighted by atomic mass is 10.0. The number of rotatable bonds is 14. The summed E-state index contributed by atoms with van der Waals surface area (Å²) < 4.78 is 25.6. The third-order valence-electron chi connectivity index (χ3n) is 4.20. The fraction of sp³-hybridized carbons (Fsp3) is 0.652. The number of unbranched alkanes of at least 4 members (excludes halogenated alkanes) is 2. The summed E-state index contributed by atoms with van der Waals surface area (Å²) in [6, 6.07) is 5.92. The Morgan fingerprint density at radius 2 is 1.71 bits per heavy atom. The lowest BCUT2D eigenvalue weighted by molar-refractivity contribution is -0.153. The van der Waals surface area contributed by atoms with Gasteiger partial charge < -0.3 is 29.0 Å². The molecule has 0 aliphatic rings. The number of methoxy groups -OCH3 is 2. The van der Waals surface area contributed by atoms with Gasteiger partial charge in [-0.15, -0.1) is 0 Å². The van der Waals surface area contributed by atoms with Crippen LogP contribution in [0.25, 0.3) is 0 Å². The van der Waals surface area contributed by atoms with E-state index in [0.717, 1.165) is 42.6 Å². The molecule has 1 amide bonds. The van der Waals surface area contributed by atoms with Gasteiger partial charge in [-0.05, 0) is 63.6 Å². The Bertz CT molecular complexity index is 670. The number of hydrogen-bond acceptors (Lipinski definition) is 7. The molecule has 8 nitrogen and oxygen atoms in total. The standard InChI is InChI=1S/C23H37NO7/c1-23(2,3)31-22(26)24-14-8-6-7-9-19-15-18(10-12-20(19)29-16-27-4)11-13-21(25)30-17-28-5/h10,12,15H,6-9,11,13-14,16-17H2,1-5H3,(H,24,26). The van der Waals surface area contributed by atoms with Gasteiger partial charge in [0.05, 0.1) is 0 Å². The smallest absolute Gasteiger partial charge is 0.407 e. The number of hydrogen-bond donors (Lipinski definition) is 1. The van der Waals surface area contributed by atoms with Crippen LogP contribution in [-0.2, 0) is 36.6 Å². The first-order chi connectivity index (χ1) is 14.7. The Morgan fingerprint density at radius 1 is 0.968 bits per heavy atom. The highest BCUT2D eigenvalue weighted by Gasteiger charge is 2.15. The van der Waals surface area contributed by atoms with Crippen molar-refractivity contribution in [3.05, 3.63) is 29.3 Å². The summed E-state index contributed by atoms with van der Waals surface area (Å²) in [6.45, 7) is 6.24. The summed E-state index contributed by atoms with van der Waals surface area (Å²) in [5.41, 5.74) is 1.62. The molecule has 176 valence electrons. The first-order valence-corrected chi connectivity index (χ1v) is 10.6. The molecule has 1 aromatic rings. The van der Waals surface area contributed by atoms with E-state index in [-0.39, 0.29) is 32.1 Å². The van der Waals surface area contributed by atoms with Crippen molar-refractivity contribution in [2.24, 2.45) is 0 Å². The summed E-state index contributed by atoms with van der Waals surface area (Å²) in [6.07, 6.45) is 4.06. The van der Waals surface area contributed by atoms with Crippen LogP contribution in [0.5, 0.6) is 5.75 Å². The molecule has 0 aromatic heterocycles. The number of aryl methyl sites for hydroxylation is 2. The minimum atomic E-state index is -0.492. The molecule has 0 atom stereocenters. The summed E-state index contributed by atoms with van der Waals surface area (Å²) >= 11 is 0. The van der Waals surface area contributed by atoms with Gasteiger partial charge in [-0.25, -0.2) is 4.79 Å². The number of nitrogens with one attached hydrogen (secondary N) is 1. The molecule has 0 aliphatic carbocycles. The number of esters is 1. The number of carbonyl (C=O) groups excluding carboxylic acids is 2. The first-order valence-electron chi connectivity index (χ1n) is 10.6. The predicted octanol–water partition coefficient (Wildman–Crippen LogP) is 3.99. The molecule has 0 heterocycles. The first kappa shape index (κ1) is 26.7. The third kappa shape index (κ3) is 12.9. The molecule has 8 heteroatoms. The van der Waals surface area contributed by atoms with Crippen molar-refractivity contribution in [2.45, 2.75) is 64.9 Å². The Kier molecular flexibility index (Phi) is 12.6. The van der Waals surface area contributed by atoms with Gasteiger partial charge in [0, 0.05) is 27.2 Å². The van der Waals surface area contributed by atoms with Crippen LogP contribution < -0.4 is 10.1 Å². The molecule has 1 aromatic carbocycles. The highest BCUT2D eigenvalue weighted by Crippen LogP contribution is 2.23. The zero-order valence-corrected chi connectivity index (χ0v) is 19.5. The van der Waals surface area contributed by atoms with Gasteiger partial charge in [-0.2, -0.15) is 0 Å². The minimum absolute atomic E-state index is 0.0311.